The Labute approximate surface area is 134 Å². The van der Waals surface area contributed by atoms with Crippen LogP contribution in [0.15, 0.2) is 48.5 Å². The molecule has 0 heterocycles. The van der Waals surface area contributed by atoms with Crippen molar-refractivity contribution in [3.8, 4) is 5.75 Å². The number of methoxy groups -OCH3 is 1. The lowest BCUT2D eigenvalue weighted by Crippen LogP contribution is -2.22. The van der Waals surface area contributed by atoms with Crippen molar-refractivity contribution in [2.45, 2.75) is 6.92 Å². The number of amides is 2. The number of ether oxygens (including phenoxy) is 1. The van der Waals surface area contributed by atoms with Gasteiger partial charge in [0.05, 0.1) is 19.3 Å². The van der Waals surface area contributed by atoms with E-state index in [0.717, 1.165) is 5.69 Å². The summed E-state index contributed by atoms with van der Waals surface area (Å²) >= 11 is 0. The fraction of sp³-hybridized carbons (Fsp3) is 0.176. The van der Waals surface area contributed by atoms with Gasteiger partial charge in [0.2, 0.25) is 11.8 Å². The van der Waals surface area contributed by atoms with Gasteiger partial charge in [-0.3, -0.25) is 9.59 Å². The quantitative estimate of drug-likeness (QED) is 0.766. The molecule has 6 nitrogen and oxygen atoms in total. The first-order valence-electron chi connectivity index (χ1n) is 7.13. The molecule has 120 valence electrons. The van der Waals surface area contributed by atoms with E-state index in [1.165, 1.54) is 14.0 Å². The Morgan fingerprint density at radius 3 is 2.39 bits per heavy atom. The summed E-state index contributed by atoms with van der Waals surface area (Å²) in [6.45, 7) is 1.55. The van der Waals surface area contributed by atoms with Crippen LogP contribution in [0.2, 0.25) is 0 Å². The summed E-state index contributed by atoms with van der Waals surface area (Å²) in [5.74, 6) is 0.123. The largest absolute Gasteiger partial charge is 0.495 e. The molecule has 2 rings (SSSR count). The normalized spacial score (nSPS) is 9.83. The molecular formula is C17H19N3O3. The van der Waals surface area contributed by atoms with Crippen molar-refractivity contribution in [2.75, 3.05) is 29.6 Å². The van der Waals surface area contributed by atoms with E-state index in [4.69, 9.17) is 4.74 Å². The lowest BCUT2D eigenvalue weighted by molar-refractivity contribution is -0.115. The van der Waals surface area contributed by atoms with Crippen LogP contribution in [0.4, 0.5) is 17.1 Å². The van der Waals surface area contributed by atoms with Crippen LogP contribution in [0.1, 0.15) is 6.92 Å². The van der Waals surface area contributed by atoms with Crippen molar-refractivity contribution in [3.63, 3.8) is 0 Å². The summed E-state index contributed by atoms with van der Waals surface area (Å²) < 4.78 is 5.22. The van der Waals surface area contributed by atoms with Crippen LogP contribution >= 0.6 is 0 Å². The second-order valence-electron chi connectivity index (χ2n) is 4.86. The smallest absolute Gasteiger partial charge is 0.243 e. The Hall–Kier alpha value is -3.02. The lowest BCUT2D eigenvalue weighted by Gasteiger charge is -2.13. The van der Waals surface area contributed by atoms with Crippen LogP contribution in [0.5, 0.6) is 5.75 Å². The van der Waals surface area contributed by atoms with Crippen molar-refractivity contribution in [3.05, 3.63) is 48.5 Å². The molecule has 3 N–H and O–H groups in total. The molecule has 0 fully saturated rings. The zero-order valence-electron chi connectivity index (χ0n) is 13.1. The molecule has 0 aliphatic carbocycles. The predicted molar refractivity (Wildman–Crippen MR) is 90.9 cm³/mol. The highest BCUT2D eigenvalue weighted by Crippen LogP contribution is 2.27. The van der Waals surface area contributed by atoms with Crippen molar-refractivity contribution in [1.82, 2.24) is 0 Å². The molecule has 2 aromatic rings. The highest BCUT2D eigenvalue weighted by molar-refractivity contribution is 5.96. The summed E-state index contributed by atoms with van der Waals surface area (Å²) in [6, 6.07) is 14.5. The number of rotatable bonds is 6. The number of para-hydroxylation sites is 1. The fourth-order valence-electron chi connectivity index (χ4n) is 2.02. The number of hydrogen-bond acceptors (Lipinski definition) is 4. The van der Waals surface area contributed by atoms with E-state index < -0.39 is 0 Å². The van der Waals surface area contributed by atoms with Crippen LogP contribution in [0.3, 0.4) is 0 Å². The molecule has 0 atom stereocenters. The van der Waals surface area contributed by atoms with Gasteiger partial charge in [0.15, 0.2) is 0 Å². The highest BCUT2D eigenvalue weighted by Gasteiger charge is 2.09. The minimum absolute atomic E-state index is 0.123. The molecule has 0 aromatic heterocycles. The highest BCUT2D eigenvalue weighted by atomic mass is 16.5. The van der Waals surface area contributed by atoms with Crippen LogP contribution in [0.25, 0.3) is 0 Å². The number of benzene rings is 2. The second kappa shape index (κ2) is 7.84. The van der Waals surface area contributed by atoms with Crippen LogP contribution in [0, 0.1) is 0 Å². The standard InChI is InChI=1S/C17H19N3O3/c1-12(21)19-14-8-9-16(23-2)15(10-14)20-17(22)11-18-13-6-4-3-5-7-13/h3-10,18H,11H2,1-2H3,(H,19,21)(H,20,22). The monoisotopic (exact) mass is 313 g/mol. The molecule has 0 saturated carbocycles. The lowest BCUT2D eigenvalue weighted by atomic mass is 10.2. The van der Waals surface area contributed by atoms with E-state index in [0.29, 0.717) is 17.1 Å². The van der Waals surface area contributed by atoms with E-state index >= 15 is 0 Å². The van der Waals surface area contributed by atoms with Crippen molar-refractivity contribution < 1.29 is 14.3 Å². The Bertz CT molecular complexity index is 687. The zero-order chi connectivity index (χ0) is 16.7. The van der Waals surface area contributed by atoms with Gasteiger partial charge in [0.1, 0.15) is 5.75 Å². The molecule has 0 aliphatic heterocycles. The number of anilines is 3. The molecule has 0 radical (unpaired) electrons. The fourth-order valence-corrected chi connectivity index (χ4v) is 2.02. The molecule has 0 saturated heterocycles. The predicted octanol–water partition coefficient (Wildman–Crippen LogP) is 2.70. The van der Waals surface area contributed by atoms with Crippen LogP contribution in [-0.4, -0.2) is 25.5 Å². The van der Waals surface area contributed by atoms with Crippen molar-refractivity contribution >= 4 is 28.9 Å². The molecule has 2 amide bonds. The molecule has 0 spiro atoms. The first-order valence-corrected chi connectivity index (χ1v) is 7.13. The van der Waals surface area contributed by atoms with Gasteiger partial charge in [-0.25, -0.2) is 0 Å². The molecular weight excluding hydrogens is 294 g/mol. The minimum Gasteiger partial charge on any atom is -0.495 e. The Balaban J connectivity index is 2.02. The van der Waals surface area contributed by atoms with E-state index in [1.807, 2.05) is 30.3 Å². The molecule has 0 unspecified atom stereocenters. The minimum atomic E-state index is -0.216. The van der Waals surface area contributed by atoms with E-state index in [-0.39, 0.29) is 18.4 Å². The maximum Gasteiger partial charge on any atom is 0.243 e. The van der Waals surface area contributed by atoms with Crippen molar-refractivity contribution in [1.29, 1.82) is 0 Å². The summed E-state index contributed by atoms with van der Waals surface area (Å²) in [5, 5.41) is 8.46. The van der Waals surface area contributed by atoms with Crippen LogP contribution < -0.4 is 20.7 Å². The first-order chi connectivity index (χ1) is 11.1. The maximum absolute atomic E-state index is 12.1. The first kappa shape index (κ1) is 16.4. The summed E-state index contributed by atoms with van der Waals surface area (Å²) in [7, 11) is 1.52. The Kier molecular flexibility index (Phi) is 5.57. The Morgan fingerprint density at radius 2 is 1.74 bits per heavy atom. The second-order valence-corrected chi connectivity index (χ2v) is 4.86. The summed E-state index contributed by atoms with van der Waals surface area (Å²) in [4.78, 5) is 23.2. The van der Waals surface area contributed by atoms with E-state index in [1.54, 1.807) is 18.2 Å². The summed E-state index contributed by atoms with van der Waals surface area (Å²) in [5.41, 5.74) is 1.95. The Morgan fingerprint density at radius 1 is 1.00 bits per heavy atom. The van der Waals surface area contributed by atoms with Gasteiger partial charge in [-0.15, -0.1) is 0 Å². The van der Waals surface area contributed by atoms with Gasteiger partial charge >= 0.3 is 0 Å². The third kappa shape index (κ3) is 5.03. The van der Waals surface area contributed by atoms with Gasteiger partial charge < -0.3 is 20.7 Å². The number of carbonyl (C=O) groups excluding carboxylic acids is 2. The van der Waals surface area contributed by atoms with Gasteiger partial charge in [-0.1, -0.05) is 18.2 Å². The number of hydrogen-bond donors (Lipinski definition) is 3. The third-order valence-electron chi connectivity index (χ3n) is 3.02. The SMILES string of the molecule is COc1ccc(NC(C)=O)cc1NC(=O)CNc1ccccc1. The molecule has 0 aliphatic rings. The molecule has 2 aromatic carbocycles. The van der Waals surface area contributed by atoms with Gasteiger partial charge in [-0.05, 0) is 30.3 Å². The van der Waals surface area contributed by atoms with Gasteiger partial charge in [0.25, 0.3) is 0 Å². The third-order valence-corrected chi connectivity index (χ3v) is 3.02. The maximum atomic E-state index is 12.1. The zero-order valence-corrected chi connectivity index (χ0v) is 13.1. The number of nitrogens with one attached hydrogen (secondary N) is 3. The topological polar surface area (TPSA) is 79.5 Å². The van der Waals surface area contributed by atoms with Gasteiger partial charge in [0, 0.05) is 18.3 Å². The average molecular weight is 313 g/mol. The summed E-state index contributed by atoms with van der Waals surface area (Å²) in [6.07, 6.45) is 0. The van der Waals surface area contributed by atoms with Crippen molar-refractivity contribution in [2.24, 2.45) is 0 Å². The number of carbonyl (C=O) groups is 2. The molecule has 0 bridgehead atoms. The van der Waals surface area contributed by atoms with Gasteiger partial charge in [-0.2, -0.15) is 0 Å². The molecule has 23 heavy (non-hydrogen) atoms. The van der Waals surface area contributed by atoms with Crippen LogP contribution in [-0.2, 0) is 9.59 Å². The average Bonchev–Trinajstić information content (AvgIpc) is 2.54. The molecule has 6 heteroatoms. The van der Waals surface area contributed by atoms with E-state index in [2.05, 4.69) is 16.0 Å². The van der Waals surface area contributed by atoms with E-state index in [9.17, 15) is 9.59 Å².